The molecule has 0 amide bonds. The van der Waals surface area contributed by atoms with Crippen LogP contribution in [0.1, 0.15) is 65.7 Å². The van der Waals surface area contributed by atoms with Gasteiger partial charge in [-0.1, -0.05) is 25.5 Å². The first-order valence-corrected chi connectivity index (χ1v) is 10.2. The number of ketones is 1. The van der Waals surface area contributed by atoms with Gasteiger partial charge in [0.2, 0.25) is 0 Å². The van der Waals surface area contributed by atoms with E-state index in [1.165, 1.54) is 12.0 Å². The summed E-state index contributed by atoms with van der Waals surface area (Å²) in [5, 5.41) is 10.1. The van der Waals surface area contributed by atoms with Crippen molar-refractivity contribution < 1.29 is 14.6 Å². The SMILES string of the molecule is COC1C[C@H]2[C@@H]3CC=C4C[C@@H](O)CC[C@]4(C)[C@H]3CC[C@]2(C)[C@H]1C(C)=O. The van der Waals surface area contributed by atoms with Gasteiger partial charge in [-0.3, -0.25) is 4.79 Å². The molecule has 4 aliphatic carbocycles. The Bertz CT molecular complexity index is 596. The number of aliphatic hydroxyl groups excluding tert-OH is 1. The van der Waals surface area contributed by atoms with E-state index in [9.17, 15) is 9.90 Å². The first-order valence-electron chi connectivity index (χ1n) is 10.2. The molecule has 3 nitrogen and oxygen atoms in total. The Balaban J connectivity index is 1.68. The molecule has 4 aliphatic rings. The van der Waals surface area contributed by atoms with E-state index in [0.717, 1.165) is 38.5 Å². The highest BCUT2D eigenvalue weighted by atomic mass is 16.5. The maximum atomic E-state index is 12.4. The molecule has 0 aromatic rings. The topological polar surface area (TPSA) is 46.5 Å². The first-order chi connectivity index (χ1) is 11.8. The Kier molecular flexibility index (Phi) is 4.20. The van der Waals surface area contributed by atoms with Crippen molar-refractivity contribution in [1.29, 1.82) is 0 Å². The molecule has 0 spiro atoms. The molecule has 0 aliphatic heterocycles. The average Bonchev–Trinajstić information content (AvgIpc) is 2.88. The molecule has 25 heavy (non-hydrogen) atoms. The van der Waals surface area contributed by atoms with E-state index < -0.39 is 0 Å². The third-order valence-corrected chi connectivity index (χ3v) is 8.82. The molecule has 0 bridgehead atoms. The van der Waals surface area contributed by atoms with Crippen LogP contribution in [0.4, 0.5) is 0 Å². The van der Waals surface area contributed by atoms with Gasteiger partial charge in [0.1, 0.15) is 5.78 Å². The fourth-order valence-electron chi connectivity index (χ4n) is 7.59. The predicted octanol–water partition coefficient (Wildman–Crippen LogP) is 4.14. The van der Waals surface area contributed by atoms with E-state index in [0.29, 0.717) is 23.5 Å². The summed E-state index contributed by atoms with van der Waals surface area (Å²) in [6.07, 6.45) is 9.88. The molecule has 1 unspecified atom stereocenters. The van der Waals surface area contributed by atoms with Crippen LogP contribution in [0.5, 0.6) is 0 Å². The molecule has 1 N–H and O–H groups in total. The summed E-state index contributed by atoms with van der Waals surface area (Å²) in [5.74, 6) is 2.35. The predicted molar refractivity (Wildman–Crippen MR) is 98.1 cm³/mol. The van der Waals surface area contributed by atoms with Crippen molar-refractivity contribution in [2.45, 2.75) is 77.9 Å². The number of aliphatic hydroxyl groups is 1. The number of rotatable bonds is 2. The van der Waals surface area contributed by atoms with Crippen molar-refractivity contribution in [1.82, 2.24) is 0 Å². The van der Waals surface area contributed by atoms with Crippen molar-refractivity contribution in [2.75, 3.05) is 7.11 Å². The summed E-state index contributed by atoms with van der Waals surface area (Å²) in [6, 6.07) is 0. The number of allylic oxidation sites excluding steroid dienone is 1. The number of carbonyl (C=O) groups excluding carboxylic acids is 1. The number of fused-ring (bicyclic) bond motifs is 5. The van der Waals surface area contributed by atoms with Gasteiger partial charge >= 0.3 is 0 Å². The molecule has 8 atom stereocenters. The zero-order valence-corrected chi connectivity index (χ0v) is 16.3. The van der Waals surface area contributed by atoms with Crippen LogP contribution in [0.3, 0.4) is 0 Å². The lowest BCUT2D eigenvalue weighted by Crippen LogP contribution is -2.51. The third kappa shape index (κ3) is 2.41. The molecule has 3 heteroatoms. The fourth-order valence-corrected chi connectivity index (χ4v) is 7.59. The summed E-state index contributed by atoms with van der Waals surface area (Å²) >= 11 is 0. The zero-order valence-electron chi connectivity index (χ0n) is 16.3. The van der Waals surface area contributed by atoms with Gasteiger partial charge in [0.05, 0.1) is 12.2 Å². The number of Topliss-reactive ketones (excluding diaryl/α,β-unsaturated/α-hetero) is 1. The van der Waals surface area contributed by atoms with Crippen LogP contribution in [0.2, 0.25) is 0 Å². The van der Waals surface area contributed by atoms with Crippen LogP contribution < -0.4 is 0 Å². The number of hydrogen-bond donors (Lipinski definition) is 1. The quantitative estimate of drug-likeness (QED) is 0.764. The normalized spacial score (nSPS) is 52.0. The lowest BCUT2D eigenvalue weighted by atomic mass is 9.47. The van der Waals surface area contributed by atoms with Gasteiger partial charge in [-0.2, -0.15) is 0 Å². The average molecular weight is 347 g/mol. The largest absolute Gasteiger partial charge is 0.393 e. The summed E-state index contributed by atoms with van der Waals surface area (Å²) in [6.45, 7) is 6.58. The Labute approximate surface area is 152 Å². The van der Waals surface area contributed by atoms with Crippen LogP contribution in [0.15, 0.2) is 11.6 Å². The van der Waals surface area contributed by atoms with Crippen molar-refractivity contribution in [2.24, 2.45) is 34.5 Å². The monoisotopic (exact) mass is 346 g/mol. The van der Waals surface area contributed by atoms with E-state index in [1.54, 1.807) is 14.0 Å². The first kappa shape index (κ1) is 17.7. The van der Waals surface area contributed by atoms with Gasteiger partial charge in [0.15, 0.2) is 0 Å². The van der Waals surface area contributed by atoms with E-state index in [2.05, 4.69) is 19.9 Å². The molecule has 3 saturated carbocycles. The molecule has 0 aromatic heterocycles. The minimum absolute atomic E-state index is 0.0646. The Morgan fingerprint density at radius 3 is 2.68 bits per heavy atom. The highest BCUT2D eigenvalue weighted by Gasteiger charge is 2.62. The smallest absolute Gasteiger partial charge is 0.136 e. The maximum absolute atomic E-state index is 12.4. The Morgan fingerprint density at radius 2 is 2.00 bits per heavy atom. The van der Waals surface area contributed by atoms with E-state index in [1.807, 2.05) is 0 Å². The van der Waals surface area contributed by atoms with Gasteiger partial charge in [-0.05, 0) is 80.5 Å². The van der Waals surface area contributed by atoms with Crippen LogP contribution in [-0.2, 0) is 9.53 Å². The minimum atomic E-state index is -0.142. The van der Waals surface area contributed by atoms with Crippen molar-refractivity contribution in [3.05, 3.63) is 11.6 Å². The summed E-state index contributed by atoms with van der Waals surface area (Å²) in [5.41, 5.74) is 1.88. The van der Waals surface area contributed by atoms with Crippen molar-refractivity contribution in [3.8, 4) is 0 Å². The second kappa shape index (κ2) is 5.92. The van der Waals surface area contributed by atoms with E-state index in [-0.39, 0.29) is 29.0 Å². The second-order valence-electron chi connectivity index (χ2n) is 9.80. The van der Waals surface area contributed by atoms with E-state index in [4.69, 9.17) is 4.74 Å². The Hall–Kier alpha value is -0.670. The lowest BCUT2D eigenvalue weighted by molar-refractivity contribution is -0.131. The molecule has 0 aromatic carbocycles. The third-order valence-electron chi connectivity index (χ3n) is 8.82. The van der Waals surface area contributed by atoms with Gasteiger partial charge in [-0.15, -0.1) is 0 Å². The van der Waals surface area contributed by atoms with Gasteiger partial charge < -0.3 is 9.84 Å². The molecule has 4 rings (SSSR count). The zero-order chi connectivity index (χ0) is 18.0. The molecule has 0 saturated heterocycles. The van der Waals surface area contributed by atoms with Crippen LogP contribution >= 0.6 is 0 Å². The van der Waals surface area contributed by atoms with Crippen molar-refractivity contribution >= 4 is 5.78 Å². The number of methoxy groups -OCH3 is 1. The second-order valence-corrected chi connectivity index (χ2v) is 9.80. The van der Waals surface area contributed by atoms with Gasteiger partial charge in [0, 0.05) is 13.0 Å². The molecule has 140 valence electrons. The van der Waals surface area contributed by atoms with Crippen molar-refractivity contribution in [3.63, 3.8) is 0 Å². The summed E-state index contributed by atoms with van der Waals surface area (Å²) in [7, 11) is 1.78. The highest BCUT2D eigenvalue weighted by Crippen LogP contribution is 2.66. The van der Waals surface area contributed by atoms with E-state index >= 15 is 0 Å². The maximum Gasteiger partial charge on any atom is 0.136 e. The van der Waals surface area contributed by atoms with Gasteiger partial charge in [0.25, 0.3) is 0 Å². The highest BCUT2D eigenvalue weighted by molar-refractivity contribution is 5.80. The molecule has 0 heterocycles. The standard InChI is InChI=1S/C22H34O3/c1-13(23)20-19(25-4)12-18-16-6-5-14-11-15(24)7-9-21(14,2)17(16)8-10-22(18,20)3/h5,15-20,24H,6-12H2,1-4H3/t15-,16+,17-,18-,19?,20-,21-,22-/m0/s1. The summed E-state index contributed by atoms with van der Waals surface area (Å²) in [4.78, 5) is 12.4. The molecular weight excluding hydrogens is 312 g/mol. The van der Waals surface area contributed by atoms with Crippen LogP contribution in [0.25, 0.3) is 0 Å². The lowest BCUT2D eigenvalue weighted by Gasteiger charge is -2.57. The molecular formula is C22H34O3. The number of ether oxygens (including phenoxy) is 1. The van der Waals surface area contributed by atoms with Crippen LogP contribution in [0, 0.1) is 34.5 Å². The number of carbonyl (C=O) groups is 1. The number of hydrogen-bond acceptors (Lipinski definition) is 3. The van der Waals surface area contributed by atoms with Gasteiger partial charge in [-0.25, -0.2) is 0 Å². The fraction of sp³-hybridized carbons (Fsp3) is 0.864. The minimum Gasteiger partial charge on any atom is -0.393 e. The molecule has 0 radical (unpaired) electrons. The molecule has 3 fully saturated rings. The van der Waals surface area contributed by atoms with Crippen LogP contribution in [-0.4, -0.2) is 30.2 Å². The summed E-state index contributed by atoms with van der Waals surface area (Å²) < 4.78 is 5.80. The Morgan fingerprint density at radius 1 is 1.24 bits per heavy atom.